The van der Waals surface area contributed by atoms with E-state index in [-0.39, 0.29) is 21.4 Å². The SMILES string of the molecule is CCc1nnc(S/C(=C\c2cc(Cl)ccc2[O-])C(=O)O)o1. The molecule has 1 aromatic heterocycles. The Balaban J connectivity index is 2.32. The first-order valence-corrected chi connectivity index (χ1v) is 7.11. The first kappa shape index (κ1) is 15.4. The molecule has 2 rings (SSSR count). The van der Waals surface area contributed by atoms with Crippen molar-refractivity contribution < 1.29 is 19.4 Å². The van der Waals surface area contributed by atoms with Crippen molar-refractivity contribution in [2.24, 2.45) is 0 Å². The summed E-state index contributed by atoms with van der Waals surface area (Å²) in [5, 5.41) is 28.8. The zero-order valence-corrected chi connectivity index (χ0v) is 12.4. The van der Waals surface area contributed by atoms with E-state index in [1.807, 2.05) is 6.92 Å². The maximum atomic E-state index is 11.7. The number of aromatic nitrogens is 2. The summed E-state index contributed by atoms with van der Waals surface area (Å²) in [6.07, 6.45) is 1.79. The van der Waals surface area contributed by atoms with Crippen LogP contribution in [-0.2, 0) is 11.2 Å². The molecule has 0 aliphatic carbocycles. The maximum Gasteiger partial charge on any atom is 0.342 e. The second-order valence-corrected chi connectivity index (χ2v) is 5.34. The predicted octanol–water partition coefficient (Wildman–Crippen LogP) is 2.58. The van der Waals surface area contributed by atoms with Crippen LogP contribution >= 0.6 is 23.4 Å². The quantitative estimate of drug-likeness (QED) is 0.666. The van der Waals surface area contributed by atoms with Crippen LogP contribution < -0.4 is 5.11 Å². The van der Waals surface area contributed by atoms with Gasteiger partial charge in [0.2, 0.25) is 5.89 Å². The zero-order valence-electron chi connectivity index (χ0n) is 10.9. The summed E-state index contributed by atoms with van der Waals surface area (Å²) in [6, 6.07) is 4.12. The van der Waals surface area contributed by atoms with Gasteiger partial charge in [0.25, 0.3) is 5.22 Å². The Morgan fingerprint density at radius 1 is 1.52 bits per heavy atom. The van der Waals surface area contributed by atoms with E-state index < -0.39 is 5.97 Å². The van der Waals surface area contributed by atoms with Crippen molar-refractivity contribution in [2.45, 2.75) is 18.6 Å². The molecule has 0 radical (unpaired) electrons. The molecule has 2 aromatic rings. The molecule has 0 unspecified atom stereocenters. The molecule has 8 heteroatoms. The molecule has 0 amide bonds. The minimum atomic E-state index is -1.20. The minimum absolute atomic E-state index is 0.106. The summed E-state index contributed by atoms with van der Waals surface area (Å²) in [5.74, 6) is -1.11. The van der Waals surface area contributed by atoms with Crippen molar-refractivity contribution >= 4 is 35.4 Å². The van der Waals surface area contributed by atoms with Gasteiger partial charge in [-0.1, -0.05) is 24.6 Å². The molecule has 0 saturated heterocycles. The Morgan fingerprint density at radius 2 is 2.29 bits per heavy atom. The van der Waals surface area contributed by atoms with Crippen molar-refractivity contribution in [3.63, 3.8) is 0 Å². The topological polar surface area (TPSA) is 99.3 Å². The summed E-state index contributed by atoms with van der Waals surface area (Å²) in [6.45, 7) is 1.84. The molecule has 0 fully saturated rings. The van der Waals surface area contributed by atoms with E-state index in [2.05, 4.69) is 10.2 Å². The summed E-state index contributed by atoms with van der Waals surface area (Å²) in [5.41, 5.74) is 0.183. The first-order chi connectivity index (χ1) is 9.99. The average molecular weight is 326 g/mol. The van der Waals surface area contributed by atoms with Crippen LogP contribution in [0.3, 0.4) is 0 Å². The van der Waals surface area contributed by atoms with Gasteiger partial charge >= 0.3 is 5.97 Å². The van der Waals surface area contributed by atoms with E-state index in [1.54, 1.807) is 0 Å². The number of benzene rings is 1. The van der Waals surface area contributed by atoms with Crippen LogP contribution in [0.4, 0.5) is 0 Å². The Hall–Kier alpha value is -1.99. The maximum absolute atomic E-state index is 11.7. The fourth-order valence-corrected chi connectivity index (χ4v) is 2.29. The Kier molecular flexibility index (Phi) is 4.87. The van der Waals surface area contributed by atoms with Gasteiger partial charge < -0.3 is 14.6 Å². The number of thioether (sulfide) groups is 1. The molecule has 0 saturated carbocycles. The third-order valence-corrected chi connectivity index (χ3v) is 3.50. The lowest BCUT2D eigenvalue weighted by Gasteiger charge is -2.10. The zero-order chi connectivity index (χ0) is 15.4. The second-order valence-electron chi connectivity index (χ2n) is 3.91. The fourth-order valence-electron chi connectivity index (χ4n) is 1.42. The molecule has 0 aliphatic heterocycles. The highest BCUT2D eigenvalue weighted by atomic mass is 35.5. The molecule has 6 nitrogen and oxygen atoms in total. The molecule has 21 heavy (non-hydrogen) atoms. The smallest absolute Gasteiger partial charge is 0.342 e. The van der Waals surface area contributed by atoms with Crippen molar-refractivity contribution in [3.05, 3.63) is 39.6 Å². The van der Waals surface area contributed by atoms with Gasteiger partial charge in [0.15, 0.2) is 0 Å². The van der Waals surface area contributed by atoms with Gasteiger partial charge in [-0.25, -0.2) is 4.79 Å². The number of hydrogen-bond donors (Lipinski definition) is 1. The highest BCUT2D eigenvalue weighted by Gasteiger charge is 2.15. The highest BCUT2D eigenvalue weighted by Crippen LogP contribution is 2.30. The predicted molar refractivity (Wildman–Crippen MR) is 76.0 cm³/mol. The molecular weight excluding hydrogens is 316 g/mol. The summed E-state index contributed by atoms with van der Waals surface area (Å²) in [7, 11) is 0. The lowest BCUT2D eigenvalue weighted by atomic mass is 10.2. The standard InChI is InChI=1S/C13H11ClN2O4S/c1-2-11-15-16-13(20-11)21-10(12(18)19)6-7-5-8(14)3-4-9(7)17/h3-6,17H,2H2,1H3,(H,18,19)/p-1/b10-6-. The number of aryl methyl sites for hydroxylation is 1. The summed E-state index contributed by atoms with van der Waals surface area (Å²) in [4.78, 5) is 11.2. The third-order valence-electron chi connectivity index (χ3n) is 2.42. The van der Waals surface area contributed by atoms with Crippen LogP contribution in [0.2, 0.25) is 5.02 Å². The molecular formula is C13H10ClN2O4S-. The van der Waals surface area contributed by atoms with Crippen molar-refractivity contribution in [1.82, 2.24) is 10.2 Å². The number of rotatable bonds is 5. The normalized spacial score (nSPS) is 11.6. The molecule has 1 N–H and O–H groups in total. The molecule has 0 aliphatic rings. The van der Waals surface area contributed by atoms with Gasteiger partial charge in [-0.05, 0) is 35.5 Å². The van der Waals surface area contributed by atoms with Gasteiger partial charge in [0, 0.05) is 11.4 Å². The molecule has 0 bridgehead atoms. The summed E-state index contributed by atoms with van der Waals surface area (Å²) >= 11 is 6.58. The van der Waals surface area contributed by atoms with E-state index in [9.17, 15) is 15.0 Å². The Labute approximate surface area is 129 Å². The molecule has 0 atom stereocenters. The largest absolute Gasteiger partial charge is 0.872 e. The lowest BCUT2D eigenvalue weighted by Crippen LogP contribution is -1.99. The van der Waals surface area contributed by atoms with Crippen molar-refractivity contribution in [1.29, 1.82) is 0 Å². The van der Waals surface area contributed by atoms with E-state index in [4.69, 9.17) is 16.0 Å². The monoisotopic (exact) mass is 325 g/mol. The van der Waals surface area contributed by atoms with E-state index >= 15 is 0 Å². The van der Waals surface area contributed by atoms with Gasteiger partial charge in [0.1, 0.15) is 4.91 Å². The van der Waals surface area contributed by atoms with Crippen LogP contribution in [0.1, 0.15) is 18.4 Å². The number of carboxylic acids is 1. The minimum Gasteiger partial charge on any atom is -0.872 e. The lowest BCUT2D eigenvalue weighted by molar-refractivity contribution is -0.268. The van der Waals surface area contributed by atoms with Crippen LogP contribution in [-0.4, -0.2) is 21.3 Å². The molecule has 0 spiro atoms. The van der Waals surface area contributed by atoms with E-state index in [1.165, 1.54) is 24.3 Å². The van der Waals surface area contributed by atoms with Crippen LogP contribution in [0.25, 0.3) is 6.08 Å². The van der Waals surface area contributed by atoms with Gasteiger partial charge in [-0.2, -0.15) is 0 Å². The van der Waals surface area contributed by atoms with Gasteiger partial charge in [-0.3, -0.25) is 0 Å². The van der Waals surface area contributed by atoms with E-state index in [0.717, 1.165) is 11.8 Å². The second kappa shape index (κ2) is 6.64. The number of hydrogen-bond acceptors (Lipinski definition) is 6. The number of nitrogens with zero attached hydrogens (tertiary/aromatic N) is 2. The number of carboxylic acid groups (broad SMARTS) is 1. The summed E-state index contributed by atoms with van der Waals surface area (Å²) < 4.78 is 5.24. The van der Waals surface area contributed by atoms with Crippen LogP contribution in [0.5, 0.6) is 5.75 Å². The Morgan fingerprint density at radius 3 is 2.90 bits per heavy atom. The number of aliphatic carboxylic acids is 1. The number of halogens is 1. The highest BCUT2D eigenvalue weighted by molar-refractivity contribution is 8.03. The molecule has 110 valence electrons. The Bertz CT molecular complexity index is 699. The van der Waals surface area contributed by atoms with Gasteiger partial charge in [0.05, 0.1) is 0 Å². The van der Waals surface area contributed by atoms with E-state index in [0.29, 0.717) is 17.3 Å². The number of carbonyl (C=O) groups is 1. The molecule has 1 heterocycles. The van der Waals surface area contributed by atoms with Gasteiger partial charge in [-0.15, -0.1) is 15.9 Å². The average Bonchev–Trinajstić information content (AvgIpc) is 2.89. The van der Waals surface area contributed by atoms with Crippen molar-refractivity contribution in [2.75, 3.05) is 0 Å². The van der Waals surface area contributed by atoms with Crippen LogP contribution in [0, 0.1) is 0 Å². The van der Waals surface area contributed by atoms with Crippen molar-refractivity contribution in [3.8, 4) is 5.75 Å². The van der Waals surface area contributed by atoms with Crippen LogP contribution in [0.15, 0.2) is 32.7 Å². The fraction of sp³-hybridized carbons (Fsp3) is 0.154. The third kappa shape index (κ3) is 3.99. The molecule has 1 aromatic carbocycles. The first-order valence-electron chi connectivity index (χ1n) is 5.91.